The van der Waals surface area contributed by atoms with Gasteiger partial charge in [-0.15, -0.1) is 0 Å². The number of rotatable bonds is 7. The van der Waals surface area contributed by atoms with Gasteiger partial charge in [0.15, 0.2) is 0 Å². The summed E-state index contributed by atoms with van der Waals surface area (Å²) >= 11 is 0. The molecule has 1 amide bonds. The van der Waals surface area contributed by atoms with Gasteiger partial charge in [-0.1, -0.05) is 0 Å². The highest BCUT2D eigenvalue weighted by atomic mass is 32.2. The summed E-state index contributed by atoms with van der Waals surface area (Å²) in [6.45, 7) is 6.32. The number of carbonyl (C=O) groups is 1. The summed E-state index contributed by atoms with van der Waals surface area (Å²) in [5, 5.41) is 3.48. The minimum atomic E-state index is -3.55. The van der Waals surface area contributed by atoms with Crippen LogP contribution in [0.3, 0.4) is 0 Å². The quantitative estimate of drug-likeness (QED) is 0.656. The van der Waals surface area contributed by atoms with Crippen molar-refractivity contribution < 1.29 is 17.9 Å². The minimum Gasteiger partial charge on any atom is -0.494 e. The maximum Gasteiger partial charge on any atom is 0.243 e. The van der Waals surface area contributed by atoms with Crippen LogP contribution in [0.4, 0.5) is 0 Å². The zero-order valence-corrected chi connectivity index (χ0v) is 20.6. The van der Waals surface area contributed by atoms with Crippen molar-refractivity contribution in [3.05, 3.63) is 24.3 Å². The number of hydrogen-bond acceptors (Lipinski definition) is 5. The van der Waals surface area contributed by atoms with E-state index in [-0.39, 0.29) is 22.4 Å². The lowest BCUT2D eigenvalue weighted by Gasteiger charge is -2.57. The Morgan fingerprint density at radius 3 is 2.09 bits per heavy atom. The van der Waals surface area contributed by atoms with Gasteiger partial charge >= 0.3 is 0 Å². The number of carbonyl (C=O) groups excluding carboxylic acids is 1. The van der Waals surface area contributed by atoms with Crippen LogP contribution in [0.5, 0.6) is 5.75 Å². The summed E-state index contributed by atoms with van der Waals surface area (Å²) in [6, 6.07) is 6.36. The van der Waals surface area contributed by atoms with Crippen LogP contribution in [-0.4, -0.2) is 67.9 Å². The Balaban J connectivity index is 1.17. The molecule has 182 valence electrons. The van der Waals surface area contributed by atoms with Gasteiger partial charge in [-0.2, -0.15) is 4.31 Å². The molecule has 33 heavy (non-hydrogen) atoms. The summed E-state index contributed by atoms with van der Waals surface area (Å²) < 4.78 is 33.1. The number of ether oxygens (including phenoxy) is 1. The number of sulfonamides is 1. The molecule has 1 aliphatic heterocycles. The topological polar surface area (TPSA) is 79.0 Å². The van der Waals surface area contributed by atoms with Gasteiger partial charge in [0.1, 0.15) is 5.75 Å². The van der Waals surface area contributed by atoms with Crippen molar-refractivity contribution >= 4 is 15.9 Å². The number of hydrogen-bond donors (Lipinski definition) is 1. The lowest BCUT2D eigenvalue weighted by molar-refractivity contribution is -0.132. The second kappa shape index (κ2) is 8.86. The van der Waals surface area contributed by atoms with Gasteiger partial charge in [-0.25, -0.2) is 8.42 Å². The third kappa shape index (κ3) is 4.54. The fourth-order valence-electron chi connectivity index (χ4n) is 7.15. The molecule has 4 aliphatic carbocycles. The summed E-state index contributed by atoms with van der Waals surface area (Å²) in [5.74, 6) is 3.16. The molecule has 5 aliphatic rings. The maximum atomic E-state index is 13.2. The molecule has 1 N–H and O–H groups in total. The first kappa shape index (κ1) is 23.1. The lowest BCUT2D eigenvalue weighted by Crippen LogP contribution is -2.63. The smallest absolute Gasteiger partial charge is 0.243 e. The van der Waals surface area contributed by atoms with Crippen molar-refractivity contribution in [3.63, 3.8) is 0 Å². The molecule has 4 saturated carbocycles. The minimum absolute atomic E-state index is 0.0128. The van der Waals surface area contributed by atoms with E-state index in [0.717, 1.165) is 37.0 Å². The van der Waals surface area contributed by atoms with E-state index in [0.29, 0.717) is 38.5 Å². The van der Waals surface area contributed by atoms with Crippen molar-refractivity contribution in [1.82, 2.24) is 14.5 Å². The Morgan fingerprint density at radius 2 is 1.58 bits per heavy atom. The predicted octanol–water partition coefficient (Wildman–Crippen LogP) is 2.87. The third-order valence-corrected chi connectivity index (χ3v) is 10.3. The SMILES string of the molecule is CCOc1ccc(S(=O)(=O)N2CCN(C(C)C(=O)NC34CC5CC(CC(C5)C3)C4)CC2)cc1. The predicted molar refractivity (Wildman–Crippen MR) is 126 cm³/mol. The molecule has 8 heteroatoms. The normalized spacial score (nSPS) is 33.1. The van der Waals surface area contributed by atoms with Crippen molar-refractivity contribution in [2.45, 2.75) is 68.8 Å². The molecular formula is C25H37N3O4S. The average Bonchev–Trinajstić information content (AvgIpc) is 2.78. The summed E-state index contributed by atoms with van der Waals surface area (Å²) in [4.78, 5) is 15.6. The third-order valence-electron chi connectivity index (χ3n) is 8.40. The van der Waals surface area contributed by atoms with E-state index in [4.69, 9.17) is 4.74 Å². The Labute approximate surface area is 197 Å². The zero-order chi connectivity index (χ0) is 23.2. The second-order valence-electron chi connectivity index (χ2n) is 10.7. The summed E-state index contributed by atoms with van der Waals surface area (Å²) in [7, 11) is -3.55. The standard InChI is InChI=1S/C25H37N3O4S/c1-3-32-22-4-6-23(7-5-22)33(30,31)28-10-8-27(9-11-28)18(2)24(29)26-25-15-19-12-20(16-25)14-21(13-19)17-25/h4-7,18-21H,3,8-17H2,1-2H3,(H,26,29). The average molecular weight is 476 g/mol. The molecule has 1 aromatic carbocycles. The van der Waals surface area contributed by atoms with Gasteiger partial charge < -0.3 is 10.1 Å². The molecule has 1 aromatic rings. The number of nitrogens with one attached hydrogen (secondary N) is 1. The molecule has 6 rings (SSSR count). The van der Waals surface area contributed by atoms with Crippen molar-refractivity contribution in [2.24, 2.45) is 17.8 Å². The molecule has 4 bridgehead atoms. The first-order valence-electron chi connectivity index (χ1n) is 12.6. The molecule has 0 radical (unpaired) electrons. The van der Waals surface area contributed by atoms with Crippen LogP contribution in [0.1, 0.15) is 52.4 Å². The van der Waals surface area contributed by atoms with Gasteiger partial charge in [0.25, 0.3) is 0 Å². The zero-order valence-electron chi connectivity index (χ0n) is 19.8. The molecule has 0 aromatic heterocycles. The lowest BCUT2D eigenvalue weighted by atomic mass is 9.53. The first-order valence-corrected chi connectivity index (χ1v) is 14.0. The first-order chi connectivity index (χ1) is 15.8. The van der Waals surface area contributed by atoms with Crippen LogP contribution in [0.2, 0.25) is 0 Å². The fourth-order valence-corrected chi connectivity index (χ4v) is 8.57. The van der Waals surface area contributed by atoms with Crippen LogP contribution < -0.4 is 10.1 Å². The maximum absolute atomic E-state index is 13.2. The monoisotopic (exact) mass is 475 g/mol. The molecule has 7 nitrogen and oxygen atoms in total. The van der Waals surface area contributed by atoms with Crippen molar-refractivity contribution in [2.75, 3.05) is 32.8 Å². The number of piperazine rings is 1. The molecule has 5 fully saturated rings. The summed E-state index contributed by atoms with van der Waals surface area (Å²) in [5.41, 5.74) is 0.0128. The molecule has 1 atom stereocenters. The van der Waals surface area contributed by atoms with Gasteiger partial charge in [-0.05, 0) is 94.4 Å². The van der Waals surface area contributed by atoms with Crippen LogP contribution in [0.15, 0.2) is 29.2 Å². The van der Waals surface area contributed by atoms with E-state index in [2.05, 4.69) is 10.2 Å². The molecular weight excluding hydrogens is 438 g/mol. The van der Waals surface area contributed by atoms with Crippen molar-refractivity contribution in [1.29, 1.82) is 0 Å². The van der Waals surface area contributed by atoms with E-state index in [9.17, 15) is 13.2 Å². The van der Waals surface area contributed by atoms with Crippen LogP contribution >= 0.6 is 0 Å². The molecule has 1 heterocycles. The number of amides is 1. The van der Waals surface area contributed by atoms with Gasteiger partial charge in [-0.3, -0.25) is 9.69 Å². The second-order valence-corrected chi connectivity index (χ2v) is 12.6. The Kier molecular flexibility index (Phi) is 6.20. The van der Waals surface area contributed by atoms with Crippen LogP contribution in [-0.2, 0) is 14.8 Å². The highest BCUT2D eigenvalue weighted by molar-refractivity contribution is 7.89. The number of benzene rings is 1. The van der Waals surface area contributed by atoms with Crippen molar-refractivity contribution in [3.8, 4) is 5.75 Å². The number of nitrogens with zero attached hydrogens (tertiary/aromatic N) is 2. The van der Waals surface area contributed by atoms with Crippen LogP contribution in [0, 0.1) is 17.8 Å². The van der Waals surface area contributed by atoms with Crippen LogP contribution in [0.25, 0.3) is 0 Å². The Bertz CT molecular complexity index is 935. The van der Waals surface area contributed by atoms with E-state index in [1.54, 1.807) is 24.3 Å². The van der Waals surface area contributed by atoms with E-state index >= 15 is 0 Å². The Hall–Kier alpha value is -1.64. The van der Waals surface area contributed by atoms with E-state index in [1.165, 1.54) is 23.6 Å². The summed E-state index contributed by atoms with van der Waals surface area (Å²) in [6.07, 6.45) is 7.50. The van der Waals surface area contributed by atoms with E-state index in [1.807, 2.05) is 13.8 Å². The highest BCUT2D eigenvalue weighted by Gasteiger charge is 2.52. The Morgan fingerprint density at radius 1 is 1.03 bits per heavy atom. The molecule has 0 spiro atoms. The fraction of sp³-hybridized carbons (Fsp3) is 0.720. The van der Waals surface area contributed by atoms with Gasteiger partial charge in [0.05, 0.1) is 17.5 Å². The van der Waals surface area contributed by atoms with E-state index < -0.39 is 10.0 Å². The van der Waals surface area contributed by atoms with Gasteiger partial charge in [0.2, 0.25) is 15.9 Å². The molecule has 1 unspecified atom stereocenters. The molecule has 1 saturated heterocycles. The van der Waals surface area contributed by atoms with Gasteiger partial charge in [0, 0.05) is 31.7 Å². The largest absolute Gasteiger partial charge is 0.494 e. The highest BCUT2D eigenvalue weighted by Crippen LogP contribution is 2.55.